The number of amides is 1. The van der Waals surface area contributed by atoms with E-state index in [2.05, 4.69) is 36.5 Å². The highest BCUT2D eigenvalue weighted by molar-refractivity contribution is 6.02. The van der Waals surface area contributed by atoms with Crippen molar-refractivity contribution in [2.24, 2.45) is 0 Å². The van der Waals surface area contributed by atoms with Gasteiger partial charge in [0, 0.05) is 5.69 Å². The molecule has 2 saturated carbocycles. The highest BCUT2D eigenvalue weighted by atomic mass is 16.3. The number of nitrogens with one attached hydrogen (secondary N) is 1. The highest BCUT2D eigenvalue weighted by Crippen LogP contribution is 2.50. The first-order valence-corrected chi connectivity index (χ1v) is 12.0. The minimum Gasteiger partial charge on any atom is -0.504 e. The molecule has 3 N–H and O–H groups in total. The fraction of sp³-hybridized carbons (Fsp3) is 0.345. The molecule has 2 aliphatic rings. The van der Waals surface area contributed by atoms with Gasteiger partial charge in [-0.1, -0.05) is 55.7 Å². The topological polar surface area (TPSA) is 69.6 Å². The molecule has 5 rings (SSSR count). The monoisotopic (exact) mass is 441 g/mol. The maximum absolute atomic E-state index is 13.2. The predicted molar refractivity (Wildman–Crippen MR) is 132 cm³/mol. The van der Waals surface area contributed by atoms with E-state index in [0.29, 0.717) is 5.92 Å². The molecule has 33 heavy (non-hydrogen) atoms. The molecule has 3 aromatic carbocycles. The zero-order valence-corrected chi connectivity index (χ0v) is 19.1. The average Bonchev–Trinajstić information content (AvgIpc) is 3.65. The van der Waals surface area contributed by atoms with Crippen LogP contribution in [0.4, 0.5) is 5.69 Å². The lowest BCUT2D eigenvalue weighted by molar-refractivity contribution is -0.118. The predicted octanol–water partition coefficient (Wildman–Crippen LogP) is 6.79. The van der Waals surface area contributed by atoms with Gasteiger partial charge in [0.05, 0.1) is 5.41 Å². The number of phenolic OH excluding ortho intramolecular Hbond substituents is 2. The Hall–Kier alpha value is -3.27. The van der Waals surface area contributed by atoms with Crippen LogP contribution in [0, 0.1) is 6.92 Å². The van der Waals surface area contributed by atoms with Crippen LogP contribution >= 0.6 is 0 Å². The van der Waals surface area contributed by atoms with E-state index in [0.717, 1.165) is 35.2 Å². The largest absolute Gasteiger partial charge is 0.504 e. The Morgan fingerprint density at radius 1 is 0.879 bits per heavy atom. The average molecular weight is 442 g/mol. The van der Waals surface area contributed by atoms with E-state index < -0.39 is 5.41 Å². The van der Waals surface area contributed by atoms with Crippen LogP contribution in [0.5, 0.6) is 11.5 Å². The second-order valence-electron chi connectivity index (χ2n) is 9.73. The van der Waals surface area contributed by atoms with Gasteiger partial charge in [0.15, 0.2) is 11.5 Å². The molecule has 0 atom stereocenters. The summed E-state index contributed by atoms with van der Waals surface area (Å²) in [6.45, 7) is 2.09. The zero-order chi connectivity index (χ0) is 23.0. The lowest BCUT2D eigenvalue weighted by atomic mass is 9.83. The summed E-state index contributed by atoms with van der Waals surface area (Å²) in [4.78, 5) is 13.2. The number of carbonyl (C=O) groups excluding carboxylic acids is 1. The Labute approximate surface area is 195 Å². The van der Waals surface area contributed by atoms with Crippen molar-refractivity contribution in [2.75, 3.05) is 5.32 Å². The third-order valence-corrected chi connectivity index (χ3v) is 7.51. The van der Waals surface area contributed by atoms with Crippen molar-refractivity contribution in [3.63, 3.8) is 0 Å². The van der Waals surface area contributed by atoms with Crippen molar-refractivity contribution < 1.29 is 15.0 Å². The van der Waals surface area contributed by atoms with Gasteiger partial charge in [-0.25, -0.2) is 0 Å². The molecule has 0 saturated heterocycles. The number of rotatable bonds is 5. The van der Waals surface area contributed by atoms with Crippen molar-refractivity contribution in [1.29, 1.82) is 0 Å². The summed E-state index contributed by atoms with van der Waals surface area (Å²) in [5.41, 5.74) is 5.75. The van der Waals surface area contributed by atoms with E-state index in [1.807, 2.05) is 18.2 Å². The van der Waals surface area contributed by atoms with Crippen LogP contribution in [-0.2, 0) is 10.2 Å². The molecule has 2 fully saturated rings. The fourth-order valence-corrected chi connectivity index (χ4v) is 5.23. The first-order valence-electron chi connectivity index (χ1n) is 12.0. The van der Waals surface area contributed by atoms with Crippen molar-refractivity contribution in [2.45, 2.75) is 63.2 Å². The summed E-state index contributed by atoms with van der Waals surface area (Å²) in [5, 5.41) is 22.6. The number of hydrogen-bond acceptors (Lipinski definition) is 3. The van der Waals surface area contributed by atoms with Gasteiger partial charge >= 0.3 is 0 Å². The first kappa shape index (κ1) is 21.6. The van der Waals surface area contributed by atoms with E-state index in [1.54, 1.807) is 6.07 Å². The molecule has 0 aliphatic heterocycles. The summed E-state index contributed by atoms with van der Waals surface area (Å²) in [7, 11) is 0. The van der Waals surface area contributed by atoms with Crippen LogP contribution < -0.4 is 5.32 Å². The molecule has 3 aromatic rings. The Morgan fingerprint density at radius 2 is 1.61 bits per heavy atom. The van der Waals surface area contributed by atoms with Gasteiger partial charge in [-0.3, -0.25) is 4.79 Å². The van der Waals surface area contributed by atoms with Gasteiger partial charge in [0.1, 0.15) is 0 Å². The molecule has 4 heteroatoms. The molecule has 0 heterocycles. The van der Waals surface area contributed by atoms with Crippen LogP contribution in [-0.4, -0.2) is 16.1 Å². The van der Waals surface area contributed by atoms with Crippen LogP contribution in [0.1, 0.15) is 67.6 Å². The second-order valence-corrected chi connectivity index (χ2v) is 9.73. The standard InChI is InChI=1S/C29H31NO3/c1-19-7-13-24(30-28(33)29(15-16-29)23-12-14-26(31)27(32)17-23)18-25(19)22-10-8-21(9-11-22)20-5-3-2-4-6-20/h7-14,17-18,20,31-32H,2-6,15-16H2,1H3,(H,30,33). The minimum absolute atomic E-state index is 0.0740. The third-order valence-electron chi connectivity index (χ3n) is 7.51. The number of carbonyl (C=O) groups is 1. The Balaban J connectivity index is 1.35. The van der Waals surface area contributed by atoms with Gasteiger partial charge in [0.2, 0.25) is 5.91 Å². The van der Waals surface area contributed by atoms with Crippen LogP contribution in [0.3, 0.4) is 0 Å². The molecule has 0 unspecified atom stereocenters. The molecule has 1 amide bonds. The van der Waals surface area contributed by atoms with Gasteiger partial charge in [0.25, 0.3) is 0 Å². The van der Waals surface area contributed by atoms with Crippen molar-refractivity contribution in [3.8, 4) is 22.6 Å². The summed E-state index contributed by atoms with van der Waals surface area (Å²) in [5.74, 6) is 0.247. The molecular formula is C29H31NO3. The van der Waals surface area contributed by atoms with Crippen LogP contribution in [0.2, 0.25) is 0 Å². The minimum atomic E-state index is -0.641. The number of aromatic hydroxyl groups is 2. The SMILES string of the molecule is Cc1ccc(NC(=O)C2(c3ccc(O)c(O)c3)CC2)cc1-c1ccc(C2CCCCC2)cc1. The number of hydrogen-bond donors (Lipinski definition) is 3. The number of benzene rings is 3. The smallest absolute Gasteiger partial charge is 0.235 e. The van der Waals surface area contributed by atoms with Crippen molar-refractivity contribution in [1.82, 2.24) is 0 Å². The lowest BCUT2D eigenvalue weighted by Gasteiger charge is -2.22. The third kappa shape index (κ3) is 4.22. The van der Waals surface area contributed by atoms with E-state index in [-0.39, 0.29) is 17.4 Å². The summed E-state index contributed by atoms with van der Waals surface area (Å²) in [6.07, 6.45) is 8.06. The molecule has 0 radical (unpaired) electrons. The normalized spacial score (nSPS) is 17.5. The van der Waals surface area contributed by atoms with Crippen molar-refractivity contribution >= 4 is 11.6 Å². The van der Waals surface area contributed by atoms with Gasteiger partial charge in [-0.15, -0.1) is 0 Å². The Bertz CT molecular complexity index is 1170. The second kappa shape index (κ2) is 8.58. The molecule has 0 spiro atoms. The first-order chi connectivity index (χ1) is 16.0. The summed E-state index contributed by atoms with van der Waals surface area (Å²) < 4.78 is 0. The van der Waals surface area contributed by atoms with E-state index in [9.17, 15) is 15.0 Å². The molecule has 170 valence electrons. The number of anilines is 1. The number of phenols is 2. The quantitative estimate of drug-likeness (QED) is 0.382. The van der Waals surface area contributed by atoms with E-state index >= 15 is 0 Å². The summed E-state index contributed by atoms with van der Waals surface area (Å²) in [6, 6.07) is 19.7. The molecule has 0 aromatic heterocycles. The Morgan fingerprint density at radius 3 is 2.27 bits per heavy atom. The Kier molecular flexibility index (Phi) is 5.61. The maximum atomic E-state index is 13.2. The molecular weight excluding hydrogens is 410 g/mol. The van der Waals surface area contributed by atoms with Gasteiger partial charge < -0.3 is 15.5 Å². The van der Waals surface area contributed by atoms with Gasteiger partial charge in [-0.05, 0) is 90.6 Å². The molecule has 4 nitrogen and oxygen atoms in total. The van der Waals surface area contributed by atoms with Crippen LogP contribution in [0.15, 0.2) is 60.7 Å². The van der Waals surface area contributed by atoms with Gasteiger partial charge in [-0.2, -0.15) is 0 Å². The molecule has 0 bridgehead atoms. The highest BCUT2D eigenvalue weighted by Gasteiger charge is 2.51. The van der Waals surface area contributed by atoms with Crippen LogP contribution in [0.25, 0.3) is 11.1 Å². The molecule has 2 aliphatic carbocycles. The zero-order valence-electron chi connectivity index (χ0n) is 19.1. The fourth-order valence-electron chi connectivity index (χ4n) is 5.23. The van der Waals surface area contributed by atoms with E-state index in [4.69, 9.17) is 0 Å². The van der Waals surface area contributed by atoms with Crippen molar-refractivity contribution in [3.05, 3.63) is 77.4 Å². The van der Waals surface area contributed by atoms with E-state index in [1.165, 1.54) is 55.4 Å². The summed E-state index contributed by atoms with van der Waals surface area (Å²) >= 11 is 0. The lowest BCUT2D eigenvalue weighted by Crippen LogP contribution is -2.27. The number of aryl methyl sites for hydroxylation is 1. The maximum Gasteiger partial charge on any atom is 0.235 e.